The van der Waals surface area contributed by atoms with Crippen LogP contribution in [-0.4, -0.2) is 18.3 Å². The lowest BCUT2D eigenvalue weighted by Gasteiger charge is -2.15. The van der Waals surface area contributed by atoms with E-state index < -0.39 is 29.8 Å². The van der Waals surface area contributed by atoms with Crippen molar-refractivity contribution < 1.29 is 26.7 Å². The Hall–Kier alpha value is -1.66. The highest BCUT2D eigenvalue weighted by molar-refractivity contribution is 5.96. The number of benzene rings is 1. The van der Waals surface area contributed by atoms with Gasteiger partial charge in [-0.25, -0.2) is 13.2 Å². The summed E-state index contributed by atoms with van der Waals surface area (Å²) in [6.45, 7) is 1.53. The van der Waals surface area contributed by atoms with E-state index in [1.807, 2.05) is 0 Å². The van der Waals surface area contributed by atoms with Gasteiger partial charge in [-0.05, 0) is 24.6 Å². The number of anilines is 1. The van der Waals surface area contributed by atoms with Gasteiger partial charge in [0.15, 0.2) is 0 Å². The Labute approximate surface area is 93.4 Å². The first kappa shape index (κ1) is 13.4. The highest BCUT2D eigenvalue weighted by Gasteiger charge is 2.49. The lowest BCUT2D eigenvalue weighted by molar-refractivity contribution is -0.163. The second kappa shape index (κ2) is 4.68. The SMILES string of the molecule is Cc1ccc(F)c(NC(=O)C(F)(F)C(F)F)c1. The summed E-state index contributed by atoms with van der Waals surface area (Å²) in [5, 5.41) is 1.43. The van der Waals surface area contributed by atoms with Gasteiger partial charge in [0.1, 0.15) is 5.82 Å². The van der Waals surface area contributed by atoms with E-state index in [1.54, 1.807) is 0 Å². The van der Waals surface area contributed by atoms with Crippen molar-refractivity contribution in [2.75, 3.05) is 5.32 Å². The molecule has 7 heteroatoms. The van der Waals surface area contributed by atoms with Crippen molar-refractivity contribution in [1.29, 1.82) is 0 Å². The number of amides is 1. The monoisotopic (exact) mass is 253 g/mol. The normalized spacial score (nSPS) is 11.7. The van der Waals surface area contributed by atoms with Crippen LogP contribution in [0.25, 0.3) is 0 Å². The van der Waals surface area contributed by atoms with E-state index >= 15 is 0 Å². The van der Waals surface area contributed by atoms with Crippen molar-refractivity contribution in [3.63, 3.8) is 0 Å². The highest BCUT2D eigenvalue weighted by Crippen LogP contribution is 2.25. The number of alkyl halides is 4. The predicted molar refractivity (Wildman–Crippen MR) is 50.7 cm³/mol. The minimum absolute atomic E-state index is 0.488. The Morgan fingerprint density at radius 3 is 2.47 bits per heavy atom. The van der Waals surface area contributed by atoms with E-state index in [0.717, 1.165) is 12.1 Å². The molecule has 0 heterocycles. The Morgan fingerprint density at radius 1 is 1.35 bits per heavy atom. The molecular weight excluding hydrogens is 245 g/mol. The van der Waals surface area contributed by atoms with E-state index in [0.29, 0.717) is 5.56 Å². The summed E-state index contributed by atoms with van der Waals surface area (Å²) in [6, 6.07) is 3.34. The second-order valence-electron chi connectivity index (χ2n) is 3.36. The molecule has 94 valence electrons. The summed E-state index contributed by atoms with van der Waals surface area (Å²) >= 11 is 0. The molecule has 0 atom stereocenters. The molecule has 0 saturated carbocycles. The molecule has 0 saturated heterocycles. The largest absolute Gasteiger partial charge is 0.383 e. The average molecular weight is 253 g/mol. The zero-order valence-electron chi connectivity index (χ0n) is 8.61. The van der Waals surface area contributed by atoms with Crippen LogP contribution in [0.2, 0.25) is 0 Å². The highest BCUT2D eigenvalue weighted by atomic mass is 19.3. The molecule has 0 aliphatic rings. The van der Waals surface area contributed by atoms with Gasteiger partial charge in [0.2, 0.25) is 0 Å². The van der Waals surface area contributed by atoms with E-state index in [2.05, 4.69) is 0 Å². The van der Waals surface area contributed by atoms with E-state index in [1.165, 1.54) is 18.3 Å². The number of hydrogen-bond acceptors (Lipinski definition) is 1. The average Bonchev–Trinajstić information content (AvgIpc) is 2.23. The molecule has 0 bridgehead atoms. The fourth-order valence-corrected chi connectivity index (χ4v) is 1.04. The number of carbonyl (C=O) groups excluding carboxylic acids is 1. The summed E-state index contributed by atoms with van der Waals surface area (Å²) in [5.74, 6) is -8.07. The maximum atomic E-state index is 13.1. The standard InChI is InChI=1S/C10H8F5NO/c1-5-2-3-6(11)7(4-5)16-9(17)10(14,15)8(12)13/h2-4,8H,1H3,(H,16,17). The molecule has 0 aliphatic carbocycles. The lowest BCUT2D eigenvalue weighted by atomic mass is 10.2. The Bertz CT molecular complexity index is 433. The van der Waals surface area contributed by atoms with Gasteiger partial charge < -0.3 is 5.32 Å². The molecule has 0 unspecified atom stereocenters. The Balaban J connectivity index is 2.92. The summed E-state index contributed by atoms with van der Waals surface area (Å²) in [5.41, 5.74) is -0.0719. The van der Waals surface area contributed by atoms with Gasteiger partial charge in [0.05, 0.1) is 5.69 Å². The Kier molecular flexibility index (Phi) is 3.69. The minimum Gasteiger partial charge on any atom is -0.318 e. The molecule has 0 aromatic heterocycles. The quantitative estimate of drug-likeness (QED) is 0.824. The van der Waals surface area contributed by atoms with E-state index in [4.69, 9.17) is 0 Å². The maximum absolute atomic E-state index is 13.1. The summed E-state index contributed by atoms with van der Waals surface area (Å²) in [7, 11) is 0. The van der Waals surface area contributed by atoms with Crippen molar-refractivity contribution in [3.8, 4) is 0 Å². The van der Waals surface area contributed by atoms with Gasteiger partial charge in [-0.15, -0.1) is 0 Å². The van der Waals surface area contributed by atoms with Crippen LogP contribution in [0.5, 0.6) is 0 Å². The number of hydrogen-bond donors (Lipinski definition) is 1. The number of aryl methyl sites for hydroxylation is 1. The van der Waals surface area contributed by atoms with E-state index in [-0.39, 0.29) is 0 Å². The smallest absolute Gasteiger partial charge is 0.318 e. The first-order valence-electron chi connectivity index (χ1n) is 4.48. The molecule has 0 fully saturated rings. The number of nitrogens with one attached hydrogen (secondary N) is 1. The zero-order valence-corrected chi connectivity index (χ0v) is 8.61. The molecule has 1 N–H and O–H groups in total. The van der Waals surface area contributed by atoms with Crippen LogP contribution >= 0.6 is 0 Å². The van der Waals surface area contributed by atoms with Gasteiger partial charge in [-0.3, -0.25) is 4.79 Å². The predicted octanol–water partition coefficient (Wildman–Crippen LogP) is 2.97. The maximum Gasteiger partial charge on any atom is 0.383 e. The lowest BCUT2D eigenvalue weighted by Crippen LogP contribution is -2.41. The number of carbonyl (C=O) groups is 1. The van der Waals surface area contributed by atoms with Crippen molar-refractivity contribution in [3.05, 3.63) is 29.6 Å². The first-order valence-corrected chi connectivity index (χ1v) is 4.48. The van der Waals surface area contributed by atoms with Crippen LogP contribution in [0, 0.1) is 12.7 Å². The molecule has 1 aromatic rings. The first-order chi connectivity index (χ1) is 7.75. The molecule has 0 aliphatic heterocycles. The molecule has 1 aromatic carbocycles. The third kappa shape index (κ3) is 2.92. The van der Waals surface area contributed by atoms with Crippen LogP contribution in [-0.2, 0) is 4.79 Å². The fourth-order valence-electron chi connectivity index (χ4n) is 1.04. The van der Waals surface area contributed by atoms with Gasteiger partial charge in [-0.1, -0.05) is 6.07 Å². The number of rotatable bonds is 3. The van der Waals surface area contributed by atoms with Crippen molar-refractivity contribution >= 4 is 11.6 Å². The van der Waals surface area contributed by atoms with Crippen molar-refractivity contribution in [2.24, 2.45) is 0 Å². The van der Waals surface area contributed by atoms with Crippen molar-refractivity contribution in [2.45, 2.75) is 19.3 Å². The van der Waals surface area contributed by atoms with Crippen molar-refractivity contribution in [1.82, 2.24) is 0 Å². The van der Waals surface area contributed by atoms with Crippen LogP contribution in [0.3, 0.4) is 0 Å². The molecule has 2 nitrogen and oxygen atoms in total. The summed E-state index contributed by atoms with van der Waals surface area (Å²) in [6.07, 6.45) is -4.14. The molecule has 0 radical (unpaired) electrons. The fraction of sp³-hybridized carbons (Fsp3) is 0.300. The molecule has 1 rings (SSSR count). The van der Waals surface area contributed by atoms with Gasteiger partial charge in [0.25, 0.3) is 0 Å². The summed E-state index contributed by atoms with van der Waals surface area (Å²) in [4.78, 5) is 10.8. The molecule has 0 spiro atoms. The van der Waals surface area contributed by atoms with Crippen LogP contribution in [0.1, 0.15) is 5.56 Å². The van der Waals surface area contributed by atoms with Crippen LogP contribution < -0.4 is 5.32 Å². The third-order valence-corrected chi connectivity index (χ3v) is 1.95. The summed E-state index contributed by atoms with van der Waals surface area (Å²) < 4.78 is 61.9. The minimum atomic E-state index is -4.85. The molecule has 1 amide bonds. The van der Waals surface area contributed by atoms with Crippen LogP contribution in [0.4, 0.5) is 27.6 Å². The van der Waals surface area contributed by atoms with E-state index in [9.17, 15) is 26.7 Å². The van der Waals surface area contributed by atoms with Gasteiger partial charge >= 0.3 is 18.3 Å². The topological polar surface area (TPSA) is 29.1 Å². The third-order valence-electron chi connectivity index (χ3n) is 1.95. The van der Waals surface area contributed by atoms with Crippen LogP contribution in [0.15, 0.2) is 18.2 Å². The second-order valence-corrected chi connectivity index (χ2v) is 3.36. The van der Waals surface area contributed by atoms with Gasteiger partial charge in [-0.2, -0.15) is 8.78 Å². The zero-order chi connectivity index (χ0) is 13.2. The van der Waals surface area contributed by atoms with Gasteiger partial charge in [0, 0.05) is 0 Å². The Morgan fingerprint density at radius 2 is 1.94 bits per heavy atom. The number of halogens is 5. The molecule has 17 heavy (non-hydrogen) atoms. The molecular formula is C10H8F5NO.